The molecule has 2 nitrogen and oxygen atoms in total. The lowest BCUT2D eigenvalue weighted by Gasteiger charge is -2.16. The van der Waals surface area contributed by atoms with Crippen LogP contribution in [0.1, 0.15) is 40.6 Å². The Hall–Kier alpha value is -1.61. The summed E-state index contributed by atoms with van der Waals surface area (Å²) in [5, 5.41) is 5.24. The minimum absolute atomic E-state index is 0.146. The molecule has 0 fully saturated rings. The first-order chi connectivity index (χ1) is 9.09. The van der Waals surface area contributed by atoms with Gasteiger partial charge in [-0.3, -0.25) is 4.79 Å². The van der Waals surface area contributed by atoms with Gasteiger partial charge in [-0.2, -0.15) is 0 Å². The Kier molecular flexibility index (Phi) is 4.38. The van der Waals surface area contributed by atoms with Crippen LogP contribution < -0.4 is 5.32 Å². The van der Waals surface area contributed by atoms with E-state index in [0.717, 1.165) is 10.6 Å². The van der Waals surface area contributed by atoms with Crippen LogP contribution in [0.5, 0.6) is 0 Å². The van der Waals surface area contributed by atoms with Gasteiger partial charge in [-0.05, 0) is 35.4 Å². The van der Waals surface area contributed by atoms with Crippen LogP contribution >= 0.6 is 11.3 Å². The van der Waals surface area contributed by atoms with Crippen molar-refractivity contribution >= 4 is 22.8 Å². The van der Waals surface area contributed by atoms with Gasteiger partial charge >= 0.3 is 0 Å². The van der Waals surface area contributed by atoms with E-state index >= 15 is 0 Å². The van der Waals surface area contributed by atoms with Crippen LogP contribution in [0.25, 0.3) is 0 Å². The summed E-state index contributed by atoms with van der Waals surface area (Å²) < 4.78 is 0. The maximum Gasteiger partial charge on any atom is 0.191 e. The van der Waals surface area contributed by atoms with Gasteiger partial charge in [-0.1, -0.05) is 38.1 Å². The van der Waals surface area contributed by atoms with Crippen LogP contribution in [-0.2, 0) is 0 Å². The van der Waals surface area contributed by atoms with E-state index in [-0.39, 0.29) is 5.78 Å². The largest absolute Gasteiger partial charge is 0.377 e. The van der Waals surface area contributed by atoms with Gasteiger partial charge in [0.15, 0.2) is 5.78 Å². The van der Waals surface area contributed by atoms with Crippen molar-refractivity contribution in [3.05, 3.63) is 51.7 Å². The predicted molar refractivity (Wildman–Crippen MR) is 82.4 cm³/mol. The summed E-state index contributed by atoms with van der Waals surface area (Å²) in [6.07, 6.45) is 0. The number of benzene rings is 1. The Morgan fingerprint density at radius 1 is 1.26 bits per heavy atom. The predicted octanol–water partition coefficient (Wildman–Crippen LogP) is 4.47. The molecule has 0 bridgehead atoms. The topological polar surface area (TPSA) is 29.1 Å². The van der Waals surface area contributed by atoms with Crippen LogP contribution in [0.2, 0.25) is 0 Å². The van der Waals surface area contributed by atoms with Crippen LogP contribution in [0.3, 0.4) is 0 Å². The maximum atomic E-state index is 12.0. The van der Waals surface area contributed by atoms with Crippen molar-refractivity contribution in [3.63, 3.8) is 0 Å². The second kappa shape index (κ2) is 6.02. The number of nitrogens with one attached hydrogen (secondary N) is 1. The van der Waals surface area contributed by atoms with E-state index in [2.05, 4.69) is 44.3 Å². The molecular weight excluding hydrogens is 254 g/mol. The molecule has 0 spiro atoms. The molecule has 100 valence electrons. The van der Waals surface area contributed by atoms with Gasteiger partial charge in [0.25, 0.3) is 0 Å². The summed E-state index contributed by atoms with van der Waals surface area (Å²) in [5.41, 5.74) is 3.55. The Bertz CT molecular complexity index is 558. The molecule has 3 heteroatoms. The summed E-state index contributed by atoms with van der Waals surface area (Å²) >= 11 is 1.49. The molecule has 0 saturated heterocycles. The second-order valence-corrected chi connectivity index (χ2v) is 5.90. The Balaban J connectivity index is 2.13. The molecule has 0 unspecified atom stereocenters. The highest BCUT2D eigenvalue weighted by molar-refractivity contribution is 7.12. The molecule has 0 atom stereocenters. The molecule has 1 aromatic carbocycles. The van der Waals surface area contributed by atoms with Crippen molar-refractivity contribution in [1.82, 2.24) is 0 Å². The average molecular weight is 273 g/mol. The standard InChI is InChI=1S/C16H19NOS/c1-11(2)13-7-4-6-12(3)16(13)17-10-14(18)15-8-5-9-19-15/h4-9,11,17H,10H2,1-3H3. The first-order valence-electron chi connectivity index (χ1n) is 6.49. The third-order valence-corrected chi connectivity index (χ3v) is 4.06. The van der Waals surface area contributed by atoms with E-state index in [0.29, 0.717) is 12.5 Å². The molecule has 1 N–H and O–H groups in total. The minimum Gasteiger partial charge on any atom is -0.377 e. The number of carbonyl (C=O) groups excluding carboxylic acids is 1. The quantitative estimate of drug-likeness (QED) is 0.814. The van der Waals surface area contributed by atoms with Gasteiger partial charge < -0.3 is 5.32 Å². The normalized spacial score (nSPS) is 10.7. The van der Waals surface area contributed by atoms with E-state index in [1.54, 1.807) is 0 Å². The third-order valence-electron chi connectivity index (χ3n) is 3.15. The van der Waals surface area contributed by atoms with Gasteiger partial charge in [-0.15, -0.1) is 11.3 Å². The first kappa shape index (κ1) is 13.8. The molecule has 0 aliphatic carbocycles. The van der Waals surface area contributed by atoms with E-state index in [1.165, 1.54) is 22.5 Å². The summed E-state index contributed by atoms with van der Waals surface area (Å²) in [6.45, 7) is 6.76. The number of aryl methyl sites for hydroxylation is 1. The number of thiophene rings is 1. The van der Waals surface area contributed by atoms with Crippen molar-refractivity contribution < 1.29 is 4.79 Å². The molecule has 19 heavy (non-hydrogen) atoms. The summed E-state index contributed by atoms with van der Waals surface area (Å²) in [5.74, 6) is 0.590. The minimum atomic E-state index is 0.146. The molecular formula is C16H19NOS. The summed E-state index contributed by atoms with van der Waals surface area (Å²) in [4.78, 5) is 12.8. The van der Waals surface area contributed by atoms with Crippen LogP contribution in [0, 0.1) is 6.92 Å². The zero-order chi connectivity index (χ0) is 13.8. The van der Waals surface area contributed by atoms with Crippen molar-refractivity contribution in [2.45, 2.75) is 26.7 Å². The Morgan fingerprint density at radius 2 is 2.05 bits per heavy atom. The summed E-state index contributed by atoms with van der Waals surface area (Å²) in [7, 11) is 0. The highest BCUT2D eigenvalue weighted by Crippen LogP contribution is 2.27. The SMILES string of the molecule is Cc1cccc(C(C)C)c1NCC(=O)c1cccs1. The van der Waals surface area contributed by atoms with Gasteiger partial charge in [0, 0.05) is 5.69 Å². The van der Waals surface area contributed by atoms with Gasteiger partial charge in [0.1, 0.15) is 0 Å². The van der Waals surface area contributed by atoms with Crippen molar-refractivity contribution in [2.75, 3.05) is 11.9 Å². The average Bonchev–Trinajstić information content (AvgIpc) is 2.90. The van der Waals surface area contributed by atoms with E-state index in [4.69, 9.17) is 0 Å². The van der Waals surface area contributed by atoms with E-state index in [1.807, 2.05) is 17.5 Å². The lowest BCUT2D eigenvalue weighted by atomic mass is 9.98. The number of carbonyl (C=O) groups is 1. The number of para-hydroxylation sites is 1. The van der Waals surface area contributed by atoms with Crippen LogP contribution in [0.15, 0.2) is 35.7 Å². The Morgan fingerprint density at radius 3 is 2.68 bits per heavy atom. The zero-order valence-electron chi connectivity index (χ0n) is 11.6. The second-order valence-electron chi connectivity index (χ2n) is 4.95. The van der Waals surface area contributed by atoms with Crippen molar-refractivity contribution in [1.29, 1.82) is 0 Å². The first-order valence-corrected chi connectivity index (χ1v) is 7.37. The zero-order valence-corrected chi connectivity index (χ0v) is 12.4. The fourth-order valence-corrected chi connectivity index (χ4v) is 2.77. The molecule has 0 aliphatic rings. The number of hydrogen-bond acceptors (Lipinski definition) is 3. The van der Waals surface area contributed by atoms with Crippen molar-refractivity contribution in [2.24, 2.45) is 0 Å². The molecule has 2 aromatic rings. The molecule has 0 amide bonds. The van der Waals surface area contributed by atoms with Gasteiger partial charge in [0.2, 0.25) is 0 Å². The number of rotatable bonds is 5. The number of hydrogen-bond donors (Lipinski definition) is 1. The van der Waals surface area contributed by atoms with Crippen molar-refractivity contribution in [3.8, 4) is 0 Å². The van der Waals surface area contributed by atoms with E-state index < -0.39 is 0 Å². The fraction of sp³-hybridized carbons (Fsp3) is 0.312. The monoisotopic (exact) mass is 273 g/mol. The fourth-order valence-electron chi connectivity index (χ4n) is 2.11. The van der Waals surface area contributed by atoms with Gasteiger partial charge in [0.05, 0.1) is 11.4 Å². The lowest BCUT2D eigenvalue weighted by molar-refractivity contribution is 0.101. The smallest absolute Gasteiger partial charge is 0.191 e. The molecule has 2 rings (SSSR count). The number of anilines is 1. The van der Waals surface area contributed by atoms with Crippen LogP contribution in [-0.4, -0.2) is 12.3 Å². The molecule has 0 saturated carbocycles. The maximum absolute atomic E-state index is 12.0. The third kappa shape index (κ3) is 3.24. The summed E-state index contributed by atoms with van der Waals surface area (Å²) in [6, 6.07) is 10.0. The molecule has 0 aliphatic heterocycles. The van der Waals surface area contributed by atoms with Crippen LogP contribution in [0.4, 0.5) is 5.69 Å². The highest BCUT2D eigenvalue weighted by atomic mass is 32.1. The molecule has 1 aromatic heterocycles. The number of Topliss-reactive ketones (excluding diaryl/α,β-unsaturated/α-hetero) is 1. The molecule has 1 heterocycles. The molecule has 0 radical (unpaired) electrons. The lowest BCUT2D eigenvalue weighted by Crippen LogP contribution is -2.15. The van der Waals surface area contributed by atoms with Gasteiger partial charge in [-0.25, -0.2) is 0 Å². The van der Waals surface area contributed by atoms with E-state index in [9.17, 15) is 4.79 Å². The number of ketones is 1. The Labute approximate surface area is 118 Å². The highest BCUT2D eigenvalue weighted by Gasteiger charge is 2.11.